The molecule has 1 aliphatic heterocycles. The zero-order valence-corrected chi connectivity index (χ0v) is 28.2. The molecule has 2 unspecified atom stereocenters. The Morgan fingerprint density at radius 2 is 1.45 bits per heavy atom. The zero-order chi connectivity index (χ0) is 36.5. The van der Waals surface area contributed by atoms with Crippen LogP contribution in [0.3, 0.4) is 0 Å². The number of fused-ring (bicyclic) bond motifs is 1. The molecule has 2 N–H and O–H groups in total. The highest BCUT2D eigenvalue weighted by atomic mass is 19.1. The van der Waals surface area contributed by atoms with Gasteiger partial charge in [0.1, 0.15) is 23.2 Å². The number of methoxy groups -OCH3 is 3. The Morgan fingerprint density at radius 1 is 0.824 bits per heavy atom. The van der Waals surface area contributed by atoms with E-state index in [-0.39, 0.29) is 67.0 Å². The van der Waals surface area contributed by atoms with Gasteiger partial charge in [0.05, 0.1) is 24.3 Å². The molecule has 13 nitrogen and oxygen atoms in total. The van der Waals surface area contributed by atoms with Crippen LogP contribution >= 0.6 is 0 Å². The van der Waals surface area contributed by atoms with Crippen molar-refractivity contribution >= 4 is 34.5 Å². The Labute approximate surface area is 292 Å². The molecule has 0 spiro atoms. The molecule has 2 atom stereocenters. The number of rotatable bonds is 13. The summed E-state index contributed by atoms with van der Waals surface area (Å²) in [5.41, 5.74) is -0.694. The monoisotopic (exact) mass is 704 g/mol. The summed E-state index contributed by atoms with van der Waals surface area (Å²) in [4.78, 5) is 54.8. The summed E-state index contributed by atoms with van der Waals surface area (Å²) in [7, 11) is 4.05. The van der Waals surface area contributed by atoms with E-state index in [0.717, 1.165) is 15.7 Å². The van der Waals surface area contributed by atoms with Crippen molar-refractivity contribution < 1.29 is 57.1 Å². The fourth-order valence-corrected chi connectivity index (χ4v) is 5.81. The van der Waals surface area contributed by atoms with Gasteiger partial charge in [0.2, 0.25) is 5.78 Å². The van der Waals surface area contributed by atoms with Gasteiger partial charge >= 0.3 is 12.1 Å². The Bertz CT molecular complexity index is 1920. The van der Waals surface area contributed by atoms with Crippen molar-refractivity contribution in [1.29, 1.82) is 0 Å². The summed E-state index contributed by atoms with van der Waals surface area (Å²) in [6, 6.07) is 18.1. The van der Waals surface area contributed by atoms with E-state index in [1.54, 1.807) is 12.1 Å². The highest BCUT2D eigenvalue weighted by Gasteiger charge is 2.35. The molecular formula is C37H37FN2O11. The van der Waals surface area contributed by atoms with Crippen LogP contribution in [0, 0.1) is 5.82 Å². The van der Waals surface area contributed by atoms with Crippen molar-refractivity contribution in [3.05, 3.63) is 101 Å². The highest BCUT2D eigenvalue weighted by molar-refractivity contribution is 6.16. The number of carboxylic acid groups (broad SMARTS) is 1. The summed E-state index contributed by atoms with van der Waals surface area (Å²) in [6.45, 7) is -0.483. The number of nitrogens with zero attached hydrogens (tertiary/aromatic N) is 1. The van der Waals surface area contributed by atoms with E-state index < -0.39 is 47.3 Å². The summed E-state index contributed by atoms with van der Waals surface area (Å²) >= 11 is 0. The average molecular weight is 705 g/mol. The molecule has 1 fully saturated rings. The molecule has 4 aromatic rings. The van der Waals surface area contributed by atoms with Crippen molar-refractivity contribution in [1.82, 2.24) is 10.2 Å². The van der Waals surface area contributed by atoms with Gasteiger partial charge in [0.25, 0.3) is 5.91 Å². The lowest BCUT2D eigenvalue weighted by atomic mass is 9.96. The molecule has 1 heterocycles. The van der Waals surface area contributed by atoms with Crippen molar-refractivity contribution in [2.75, 3.05) is 48.0 Å². The molecule has 2 amide bonds. The second-order valence-electron chi connectivity index (χ2n) is 11.5. The van der Waals surface area contributed by atoms with E-state index >= 15 is 4.39 Å². The molecule has 1 saturated heterocycles. The molecule has 0 saturated carbocycles. The summed E-state index contributed by atoms with van der Waals surface area (Å²) in [5.74, 6) is -3.54. The third-order valence-electron chi connectivity index (χ3n) is 8.29. The van der Waals surface area contributed by atoms with Gasteiger partial charge in [-0.3, -0.25) is 9.59 Å². The second kappa shape index (κ2) is 16.8. The molecule has 4 aromatic carbocycles. The number of benzene rings is 4. The fourth-order valence-electron chi connectivity index (χ4n) is 5.81. The summed E-state index contributed by atoms with van der Waals surface area (Å²) < 4.78 is 47.7. The number of nitrogens with one attached hydrogen (secondary N) is 1. The van der Waals surface area contributed by atoms with Gasteiger partial charge in [-0.1, -0.05) is 42.5 Å². The van der Waals surface area contributed by atoms with Crippen LogP contribution in [0.1, 0.15) is 49.5 Å². The van der Waals surface area contributed by atoms with Gasteiger partial charge in [-0.15, -0.1) is 0 Å². The molecule has 0 aliphatic carbocycles. The number of likely N-dealkylation sites (tertiary alicyclic amines) is 1. The molecule has 51 heavy (non-hydrogen) atoms. The number of hydrogen-bond acceptors (Lipinski definition) is 10. The van der Waals surface area contributed by atoms with E-state index in [9.17, 15) is 24.3 Å². The summed E-state index contributed by atoms with van der Waals surface area (Å²) in [6.07, 6.45) is -1.74. The number of esters is 1. The van der Waals surface area contributed by atoms with Crippen molar-refractivity contribution in [2.45, 2.75) is 25.0 Å². The minimum Gasteiger partial charge on any atom is -0.494 e. The fraction of sp³-hybridized carbons (Fsp3) is 0.297. The lowest BCUT2D eigenvalue weighted by Gasteiger charge is -2.28. The molecule has 268 valence electrons. The van der Waals surface area contributed by atoms with Gasteiger partial charge in [0.15, 0.2) is 25.2 Å². The van der Waals surface area contributed by atoms with Gasteiger partial charge in [-0.2, -0.15) is 0 Å². The maximum Gasteiger partial charge on any atom is 0.407 e. The number of ketones is 1. The van der Waals surface area contributed by atoms with Crippen LogP contribution in [0.25, 0.3) is 10.8 Å². The van der Waals surface area contributed by atoms with E-state index in [0.29, 0.717) is 6.42 Å². The maximum absolute atomic E-state index is 15.6. The van der Waals surface area contributed by atoms with E-state index in [1.807, 2.05) is 24.3 Å². The van der Waals surface area contributed by atoms with Crippen LogP contribution in [-0.2, 0) is 14.2 Å². The first kappa shape index (κ1) is 36.5. The Hall–Kier alpha value is -5.73. The minimum absolute atomic E-state index is 0.127. The van der Waals surface area contributed by atoms with Crippen molar-refractivity contribution in [2.24, 2.45) is 0 Å². The van der Waals surface area contributed by atoms with E-state index in [4.69, 9.17) is 28.4 Å². The first-order chi connectivity index (χ1) is 24.7. The smallest absolute Gasteiger partial charge is 0.407 e. The van der Waals surface area contributed by atoms with Crippen LogP contribution in [0.4, 0.5) is 9.18 Å². The zero-order valence-electron chi connectivity index (χ0n) is 28.2. The van der Waals surface area contributed by atoms with Crippen LogP contribution in [0.5, 0.6) is 17.2 Å². The summed E-state index contributed by atoms with van der Waals surface area (Å²) in [5, 5.41) is 14.3. The average Bonchev–Trinajstić information content (AvgIpc) is 3.34. The predicted octanol–water partition coefficient (Wildman–Crippen LogP) is 5.28. The number of carbonyl (C=O) groups excluding carboxylic acids is 3. The van der Waals surface area contributed by atoms with E-state index in [1.165, 1.54) is 57.7 Å². The third kappa shape index (κ3) is 8.36. The normalized spacial score (nSPS) is 15.8. The molecule has 0 aromatic heterocycles. The number of amides is 2. The topological polar surface area (TPSA) is 159 Å². The van der Waals surface area contributed by atoms with E-state index in [2.05, 4.69) is 5.32 Å². The van der Waals surface area contributed by atoms with Gasteiger partial charge in [0, 0.05) is 32.9 Å². The Balaban J connectivity index is 1.46. The lowest BCUT2D eigenvalue weighted by molar-refractivity contribution is 0.0176. The largest absolute Gasteiger partial charge is 0.494 e. The predicted molar refractivity (Wildman–Crippen MR) is 181 cm³/mol. The van der Waals surface area contributed by atoms with Gasteiger partial charge in [-0.25, -0.2) is 14.0 Å². The first-order valence-corrected chi connectivity index (χ1v) is 15.9. The molecule has 1 aliphatic rings. The van der Waals surface area contributed by atoms with Crippen LogP contribution in [0.2, 0.25) is 0 Å². The quantitative estimate of drug-likeness (QED) is 0.106. The maximum atomic E-state index is 15.6. The van der Waals surface area contributed by atoms with Crippen molar-refractivity contribution in [3.8, 4) is 17.2 Å². The number of halogens is 1. The molecule has 5 rings (SSSR count). The number of carbonyl (C=O) groups is 4. The lowest BCUT2D eigenvalue weighted by Crippen LogP contribution is -2.51. The standard InChI is InChI=1S/C37H37FN2O11/c1-46-20-49-29-14-15-30(48-3)33(38)32(29)34(41)24-11-6-7-12-25(24)36(43)51-28-13-8-16-40(37(44)45)19-27(28)39-35(42)26-17-22-9-4-5-10-23(22)18-31(26)50-21-47-2/h4-7,9-12,14-15,17-18,27-28H,8,13,16,19-21H2,1-3H3,(H,39,42)(H,44,45). The SMILES string of the molecule is COCOc1cc2ccccc2cc1C(=O)NC1CN(C(=O)O)CCCC1OC(=O)c1ccccc1C(=O)c1c(OCOC)ccc(OC)c1F. The molecule has 0 radical (unpaired) electrons. The number of hydrogen-bond donors (Lipinski definition) is 2. The minimum atomic E-state index is -1.21. The highest BCUT2D eigenvalue weighted by Crippen LogP contribution is 2.33. The van der Waals surface area contributed by atoms with Crippen LogP contribution in [0.15, 0.2) is 72.8 Å². The van der Waals surface area contributed by atoms with Gasteiger partial charge < -0.3 is 43.7 Å². The van der Waals surface area contributed by atoms with Crippen LogP contribution in [-0.4, -0.2) is 93.9 Å². The first-order valence-electron chi connectivity index (χ1n) is 15.9. The molecule has 14 heteroatoms. The second-order valence-corrected chi connectivity index (χ2v) is 11.5. The Kier molecular flexibility index (Phi) is 12.0. The van der Waals surface area contributed by atoms with Gasteiger partial charge in [-0.05, 0) is 53.9 Å². The number of ether oxygens (including phenoxy) is 6. The molecule has 0 bridgehead atoms. The van der Waals surface area contributed by atoms with Crippen molar-refractivity contribution in [3.63, 3.8) is 0 Å². The third-order valence-corrected chi connectivity index (χ3v) is 8.29. The van der Waals surface area contributed by atoms with Crippen LogP contribution < -0.4 is 19.5 Å². The Morgan fingerprint density at radius 3 is 2.12 bits per heavy atom. The molecular weight excluding hydrogens is 667 g/mol.